The molecule has 0 spiro atoms. The highest BCUT2D eigenvalue weighted by Gasteiger charge is 2.15. The molecule has 1 aliphatic rings. The van der Waals surface area contributed by atoms with Crippen LogP contribution in [0.25, 0.3) is 0 Å². The first-order chi connectivity index (χ1) is 16.2. The average molecular weight is 445 g/mol. The molecule has 1 amide bonds. The highest BCUT2D eigenvalue weighted by atomic mass is 16.5. The first-order valence-corrected chi connectivity index (χ1v) is 11.2. The Balaban J connectivity index is 1.28. The van der Waals surface area contributed by atoms with Gasteiger partial charge in [0.1, 0.15) is 0 Å². The van der Waals surface area contributed by atoms with E-state index in [1.807, 2.05) is 66.7 Å². The fraction of sp³-hybridized carbons (Fsp3) is 0.259. The second-order valence-corrected chi connectivity index (χ2v) is 8.03. The number of morpholine rings is 1. The second-order valence-electron chi connectivity index (χ2n) is 8.03. The molecule has 0 aromatic heterocycles. The van der Waals surface area contributed by atoms with Gasteiger partial charge in [-0.25, -0.2) is 4.79 Å². The number of hydrogen-bond acceptors (Lipinski definition) is 5. The summed E-state index contributed by atoms with van der Waals surface area (Å²) in [7, 11) is 0. The molecule has 1 aliphatic heterocycles. The average Bonchev–Trinajstić information content (AvgIpc) is 2.85. The van der Waals surface area contributed by atoms with Crippen molar-refractivity contribution in [3.8, 4) is 0 Å². The molecule has 6 heteroatoms. The van der Waals surface area contributed by atoms with E-state index in [1.165, 1.54) is 5.56 Å². The van der Waals surface area contributed by atoms with Gasteiger partial charge in [-0.2, -0.15) is 0 Å². The van der Waals surface area contributed by atoms with Crippen LogP contribution in [0.4, 0.5) is 5.69 Å². The number of carbonyl (C=O) groups excluding carboxylic acids is 2. The zero-order chi connectivity index (χ0) is 22.9. The van der Waals surface area contributed by atoms with Crippen molar-refractivity contribution in [2.45, 2.75) is 13.0 Å². The van der Waals surface area contributed by atoms with Crippen LogP contribution in [0.5, 0.6) is 0 Å². The van der Waals surface area contributed by atoms with E-state index in [4.69, 9.17) is 9.47 Å². The summed E-state index contributed by atoms with van der Waals surface area (Å²) in [4.78, 5) is 27.3. The van der Waals surface area contributed by atoms with Crippen LogP contribution in [0.15, 0.2) is 78.9 Å². The topological polar surface area (TPSA) is 67.9 Å². The Morgan fingerprint density at radius 3 is 2.30 bits per heavy atom. The van der Waals surface area contributed by atoms with Crippen molar-refractivity contribution in [3.63, 3.8) is 0 Å². The Morgan fingerprint density at radius 2 is 1.55 bits per heavy atom. The minimum absolute atomic E-state index is 0.339. The zero-order valence-electron chi connectivity index (χ0n) is 18.5. The van der Waals surface area contributed by atoms with E-state index in [0.29, 0.717) is 17.7 Å². The van der Waals surface area contributed by atoms with Gasteiger partial charge in [-0.1, -0.05) is 60.7 Å². The maximum atomic E-state index is 12.6. The third-order valence-electron chi connectivity index (χ3n) is 5.56. The molecule has 0 radical (unpaired) electrons. The predicted octanol–water partition coefficient (Wildman–Crippen LogP) is 3.91. The van der Waals surface area contributed by atoms with Gasteiger partial charge in [0, 0.05) is 25.3 Å². The largest absolute Gasteiger partial charge is 0.452 e. The van der Waals surface area contributed by atoms with E-state index in [9.17, 15) is 9.59 Å². The molecule has 3 aromatic rings. The Labute approximate surface area is 194 Å². The summed E-state index contributed by atoms with van der Waals surface area (Å²) >= 11 is 0. The zero-order valence-corrected chi connectivity index (χ0v) is 18.5. The molecule has 6 nitrogen and oxygen atoms in total. The number of carbonyl (C=O) groups is 2. The van der Waals surface area contributed by atoms with Crippen LogP contribution in [0.3, 0.4) is 0 Å². The van der Waals surface area contributed by atoms with Crippen molar-refractivity contribution < 1.29 is 19.1 Å². The van der Waals surface area contributed by atoms with Gasteiger partial charge in [-0.15, -0.1) is 0 Å². The molecule has 3 aromatic carbocycles. The Morgan fingerprint density at radius 1 is 0.848 bits per heavy atom. The molecule has 170 valence electrons. The van der Waals surface area contributed by atoms with E-state index in [0.717, 1.165) is 44.0 Å². The van der Waals surface area contributed by atoms with Crippen LogP contribution >= 0.6 is 0 Å². The first-order valence-electron chi connectivity index (χ1n) is 11.2. The number of rotatable bonds is 8. The van der Waals surface area contributed by atoms with E-state index < -0.39 is 5.97 Å². The molecule has 1 heterocycles. The van der Waals surface area contributed by atoms with Crippen LogP contribution in [0.1, 0.15) is 27.0 Å². The monoisotopic (exact) mass is 444 g/mol. The lowest BCUT2D eigenvalue weighted by Gasteiger charge is -2.26. The summed E-state index contributed by atoms with van der Waals surface area (Å²) < 4.78 is 10.7. The Kier molecular flexibility index (Phi) is 7.85. The quantitative estimate of drug-likeness (QED) is 0.534. The molecule has 33 heavy (non-hydrogen) atoms. The fourth-order valence-electron chi connectivity index (χ4n) is 3.81. The van der Waals surface area contributed by atoms with Gasteiger partial charge in [-0.3, -0.25) is 9.69 Å². The second kappa shape index (κ2) is 11.4. The van der Waals surface area contributed by atoms with Gasteiger partial charge < -0.3 is 14.8 Å². The number of nitrogens with one attached hydrogen (secondary N) is 1. The summed E-state index contributed by atoms with van der Waals surface area (Å²) in [6, 6.07) is 25.0. The van der Waals surface area contributed by atoms with Crippen molar-refractivity contribution in [1.82, 2.24) is 4.90 Å². The number of ether oxygens (including phenoxy) is 2. The van der Waals surface area contributed by atoms with E-state index >= 15 is 0 Å². The molecule has 1 saturated heterocycles. The first kappa shape index (κ1) is 22.7. The van der Waals surface area contributed by atoms with Gasteiger partial charge in [-0.05, 0) is 41.3 Å². The van der Waals surface area contributed by atoms with Crippen molar-refractivity contribution >= 4 is 17.6 Å². The van der Waals surface area contributed by atoms with Gasteiger partial charge in [0.05, 0.1) is 18.8 Å². The molecule has 1 fully saturated rings. The molecular weight excluding hydrogens is 416 g/mol. The highest BCUT2D eigenvalue weighted by Crippen LogP contribution is 2.16. The van der Waals surface area contributed by atoms with Crippen molar-refractivity contribution in [2.75, 3.05) is 38.2 Å². The molecule has 4 rings (SSSR count). The number of amides is 1. The maximum absolute atomic E-state index is 12.6. The van der Waals surface area contributed by atoms with Gasteiger partial charge in [0.15, 0.2) is 6.61 Å². The summed E-state index contributed by atoms with van der Waals surface area (Å²) in [5.41, 5.74) is 4.29. The molecule has 0 bridgehead atoms. The van der Waals surface area contributed by atoms with Gasteiger partial charge in [0.25, 0.3) is 5.91 Å². The molecular formula is C27H28N2O4. The standard InChI is InChI=1S/C27H28N2O4/c30-26(28-24-12-10-22(11-13-24)19-29-14-16-32-17-15-29)20-33-27(31)25-9-5-4-8-23(25)18-21-6-2-1-3-7-21/h1-13H,14-20H2,(H,28,30). The third-order valence-corrected chi connectivity index (χ3v) is 5.56. The normalized spacial score (nSPS) is 13.9. The van der Waals surface area contributed by atoms with Gasteiger partial charge in [0.2, 0.25) is 0 Å². The number of anilines is 1. The summed E-state index contributed by atoms with van der Waals surface area (Å²) in [6.45, 7) is 3.91. The van der Waals surface area contributed by atoms with Crippen molar-refractivity contribution in [1.29, 1.82) is 0 Å². The summed E-state index contributed by atoms with van der Waals surface area (Å²) in [5, 5.41) is 2.78. The van der Waals surface area contributed by atoms with E-state index in [2.05, 4.69) is 10.2 Å². The minimum Gasteiger partial charge on any atom is -0.452 e. The summed E-state index contributed by atoms with van der Waals surface area (Å²) in [6.07, 6.45) is 0.620. The molecule has 0 atom stereocenters. The molecule has 1 N–H and O–H groups in total. The third kappa shape index (κ3) is 6.75. The van der Waals surface area contributed by atoms with Crippen LogP contribution in [-0.2, 0) is 27.2 Å². The van der Waals surface area contributed by atoms with E-state index in [1.54, 1.807) is 12.1 Å². The minimum atomic E-state index is -0.502. The highest BCUT2D eigenvalue weighted by molar-refractivity contribution is 5.96. The smallest absolute Gasteiger partial charge is 0.338 e. The van der Waals surface area contributed by atoms with Crippen molar-refractivity contribution in [3.05, 3.63) is 101 Å². The Hall–Kier alpha value is -3.48. The number of benzene rings is 3. The van der Waals surface area contributed by atoms with E-state index in [-0.39, 0.29) is 12.5 Å². The fourth-order valence-corrected chi connectivity index (χ4v) is 3.81. The van der Waals surface area contributed by atoms with Crippen LogP contribution in [-0.4, -0.2) is 49.7 Å². The number of nitrogens with zero attached hydrogens (tertiary/aromatic N) is 1. The predicted molar refractivity (Wildman–Crippen MR) is 127 cm³/mol. The molecule has 0 unspecified atom stereocenters. The lowest BCUT2D eigenvalue weighted by molar-refractivity contribution is -0.119. The molecule has 0 saturated carbocycles. The van der Waals surface area contributed by atoms with Crippen LogP contribution < -0.4 is 5.32 Å². The molecule has 0 aliphatic carbocycles. The van der Waals surface area contributed by atoms with Crippen LogP contribution in [0.2, 0.25) is 0 Å². The Bertz CT molecular complexity index is 1060. The lowest BCUT2D eigenvalue weighted by Crippen LogP contribution is -2.35. The van der Waals surface area contributed by atoms with Gasteiger partial charge >= 0.3 is 5.97 Å². The maximum Gasteiger partial charge on any atom is 0.338 e. The number of esters is 1. The lowest BCUT2D eigenvalue weighted by atomic mass is 10.00. The summed E-state index contributed by atoms with van der Waals surface area (Å²) in [5.74, 6) is -0.873. The van der Waals surface area contributed by atoms with Crippen LogP contribution in [0, 0.1) is 0 Å². The SMILES string of the molecule is O=C(COC(=O)c1ccccc1Cc1ccccc1)Nc1ccc(CN2CCOCC2)cc1. The number of hydrogen-bond donors (Lipinski definition) is 1. The van der Waals surface area contributed by atoms with Crippen molar-refractivity contribution in [2.24, 2.45) is 0 Å².